The Morgan fingerprint density at radius 1 is 1.13 bits per heavy atom. The van der Waals surface area contributed by atoms with Crippen molar-refractivity contribution in [2.24, 2.45) is 0 Å². The van der Waals surface area contributed by atoms with E-state index in [0.717, 1.165) is 25.9 Å². The number of sulfonamides is 1. The van der Waals surface area contributed by atoms with Crippen LogP contribution in [0.4, 0.5) is 11.5 Å². The van der Waals surface area contributed by atoms with Crippen LogP contribution < -0.4 is 19.7 Å². The zero-order valence-corrected chi connectivity index (χ0v) is 18.3. The molecule has 9 nitrogen and oxygen atoms in total. The van der Waals surface area contributed by atoms with E-state index < -0.39 is 10.0 Å². The van der Waals surface area contributed by atoms with Gasteiger partial charge in [-0.3, -0.25) is 9.52 Å². The second-order valence-corrected chi connectivity index (χ2v) is 9.30. The number of nitrogens with one attached hydrogen (secondary N) is 2. The molecule has 10 heteroatoms. The molecule has 0 bridgehead atoms. The van der Waals surface area contributed by atoms with Crippen molar-refractivity contribution in [1.82, 2.24) is 15.2 Å². The number of ether oxygens (including phenoxy) is 1. The fraction of sp³-hybridized carbons (Fsp3) is 0.429. The standard InChI is InChI=1S/C21H27N5O4S/c1-30-17-5-4-6-18(14-17)31(28,29)24-19-13-16(21(27)26-9-2-3-10-26)15-23-20(19)25-11-7-22-8-12-25/h4-6,13-15,22,24H,2-3,7-12H2,1H3. The van der Waals surface area contributed by atoms with Crippen LogP contribution in [-0.4, -0.2) is 70.6 Å². The van der Waals surface area contributed by atoms with Crippen LogP contribution in [0.5, 0.6) is 5.75 Å². The Morgan fingerprint density at radius 2 is 1.87 bits per heavy atom. The summed E-state index contributed by atoms with van der Waals surface area (Å²) in [4.78, 5) is 21.3. The number of likely N-dealkylation sites (tertiary alicyclic amines) is 1. The lowest BCUT2D eigenvalue weighted by molar-refractivity contribution is 0.0792. The van der Waals surface area contributed by atoms with Crippen LogP contribution in [0.15, 0.2) is 41.4 Å². The average molecular weight is 446 g/mol. The minimum absolute atomic E-state index is 0.0781. The zero-order valence-electron chi connectivity index (χ0n) is 17.5. The fourth-order valence-electron chi connectivity index (χ4n) is 3.85. The summed E-state index contributed by atoms with van der Waals surface area (Å²) in [6.45, 7) is 4.36. The van der Waals surface area contributed by atoms with Crippen LogP contribution in [0.2, 0.25) is 0 Å². The number of piperazine rings is 1. The van der Waals surface area contributed by atoms with Crippen molar-refractivity contribution < 1.29 is 17.9 Å². The van der Waals surface area contributed by atoms with Crippen molar-refractivity contribution in [3.63, 3.8) is 0 Å². The minimum atomic E-state index is -3.91. The molecule has 1 aromatic heterocycles. The van der Waals surface area contributed by atoms with Gasteiger partial charge < -0.3 is 19.9 Å². The third-order valence-corrected chi connectivity index (χ3v) is 6.88. The Labute approximate surface area is 182 Å². The maximum Gasteiger partial charge on any atom is 0.262 e. The highest BCUT2D eigenvalue weighted by atomic mass is 32.2. The molecule has 0 saturated carbocycles. The van der Waals surface area contributed by atoms with Crippen molar-refractivity contribution in [1.29, 1.82) is 0 Å². The van der Waals surface area contributed by atoms with Crippen LogP contribution in [0.25, 0.3) is 0 Å². The number of aromatic nitrogens is 1. The molecule has 2 saturated heterocycles. The summed E-state index contributed by atoms with van der Waals surface area (Å²) in [5.41, 5.74) is 0.680. The van der Waals surface area contributed by atoms with Gasteiger partial charge in [-0.1, -0.05) is 6.07 Å². The van der Waals surface area contributed by atoms with E-state index in [4.69, 9.17) is 4.74 Å². The molecule has 31 heavy (non-hydrogen) atoms. The van der Waals surface area contributed by atoms with Crippen molar-refractivity contribution in [3.05, 3.63) is 42.1 Å². The number of methoxy groups -OCH3 is 1. The number of rotatable bonds is 6. The topological polar surface area (TPSA) is 104 Å². The summed E-state index contributed by atoms with van der Waals surface area (Å²) in [5.74, 6) is 0.839. The third-order valence-electron chi connectivity index (χ3n) is 5.52. The van der Waals surface area contributed by atoms with Crippen molar-refractivity contribution in [2.45, 2.75) is 17.7 Å². The predicted molar refractivity (Wildman–Crippen MR) is 118 cm³/mol. The molecule has 0 aliphatic carbocycles. The van der Waals surface area contributed by atoms with Gasteiger partial charge in [-0.15, -0.1) is 0 Å². The molecular formula is C21H27N5O4S. The Kier molecular flexibility index (Phi) is 6.28. The van der Waals surface area contributed by atoms with E-state index in [-0.39, 0.29) is 10.8 Å². The molecule has 0 spiro atoms. The summed E-state index contributed by atoms with van der Waals surface area (Å²) in [6, 6.07) is 7.86. The molecule has 166 valence electrons. The Bertz CT molecular complexity index is 1050. The van der Waals surface area contributed by atoms with Crippen LogP contribution in [-0.2, 0) is 10.0 Å². The SMILES string of the molecule is COc1cccc(S(=O)(=O)Nc2cc(C(=O)N3CCCC3)cnc2N2CCNCC2)c1. The van der Waals surface area contributed by atoms with Crippen LogP contribution >= 0.6 is 0 Å². The number of benzene rings is 1. The average Bonchev–Trinajstić information content (AvgIpc) is 3.34. The first-order valence-electron chi connectivity index (χ1n) is 10.4. The first-order valence-corrected chi connectivity index (χ1v) is 11.9. The molecule has 2 aliphatic rings. The quantitative estimate of drug-likeness (QED) is 0.695. The molecule has 3 heterocycles. The van der Waals surface area contributed by atoms with Gasteiger partial charge in [0.15, 0.2) is 5.82 Å². The maximum atomic E-state index is 13.1. The van der Waals surface area contributed by atoms with E-state index in [1.807, 2.05) is 4.90 Å². The summed E-state index contributed by atoms with van der Waals surface area (Å²) >= 11 is 0. The molecule has 1 aromatic carbocycles. The zero-order chi connectivity index (χ0) is 21.8. The number of anilines is 2. The van der Waals surface area contributed by atoms with Crippen molar-refractivity contribution in [3.8, 4) is 5.75 Å². The van der Waals surface area contributed by atoms with Crippen molar-refractivity contribution in [2.75, 3.05) is 56.0 Å². The number of nitrogens with zero attached hydrogens (tertiary/aromatic N) is 3. The molecule has 0 atom stereocenters. The Morgan fingerprint density at radius 3 is 2.58 bits per heavy atom. The lowest BCUT2D eigenvalue weighted by Crippen LogP contribution is -2.44. The van der Waals surface area contributed by atoms with Gasteiger partial charge in [0, 0.05) is 51.5 Å². The van der Waals surface area contributed by atoms with E-state index in [2.05, 4.69) is 15.0 Å². The van der Waals surface area contributed by atoms with E-state index in [0.29, 0.717) is 49.0 Å². The fourth-order valence-corrected chi connectivity index (χ4v) is 4.94. The summed E-state index contributed by atoms with van der Waals surface area (Å²) < 4.78 is 34.1. The van der Waals surface area contributed by atoms with Gasteiger partial charge >= 0.3 is 0 Å². The number of pyridine rings is 1. The molecular weight excluding hydrogens is 418 g/mol. The molecule has 0 unspecified atom stereocenters. The number of carbonyl (C=O) groups is 1. The van der Waals surface area contributed by atoms with Gasteiger partial charge in [-0.25, -0.2) is 13.4 Å². The Balaban J connectivity index is 1.69. The van der Waals surface area contributed by atoms with Gasteiger partial charge in [-0.2, -0.15) is 0 Å². The molecule has 4 rings (SSSR count). The highest BCUT2D eigenvalue weighted by molar-refractivity contribution is 7.92. The summed E-state index contributed by atoms with van der Waals surface area (Å²) in [7, 11) is -2.42. The largest absolute Gasteiger partial charge is 0.497 e. The Hall–Kier alpha value is -2.85. The first-order chi connectivity index (χ1) is 15.0. The lowest BCUT2D eigenvalue weighted by atomic mass is 10.2. The predicted octanol–water partition coefficient (Wildman–Crippen LogP) is 1.54. The number of hydrogen-bond donors (Lipinski definition) is 2. The number of carbonyl (C=O) groups excluding carboxylic acids is 1. The lowest BCUT2D eigenvalue weighted by Gasteiger charge is -2.30. The van der Waals surface area contributed by atoms with Crippen LogP contribution in [0, 0.1) is 0 Å². The minimum Gasteiger partial charge on any atom is -0.497 e. The molecule has 2 N–H and O–H groups in total. The molecule has 2 aliphatic heterocycles. The van der Waals surface area contributed by atoms with Crippen molar-refractivity contribution >= 4 is 27.4 Å². The van der Waals surface area contributed by atoms with Gasteiger partial charge in [0.1, 0.15) is 5.75 Å². The van der Waals surface area contributed by atoms with E-state index in [9.17, 15) is 13.2 Å². The summed E-state index contributed by atoms with van der Waals surface area (Å²) in [6.07, 6.45) is 3.50. The highest BCUT2D eigenvalue weighted by Gasteiger charge is 2.25. The smallest absolute Gasteiger partial charge is 0.262 e. The van der Waals surface area contributed by atoms with Crippen LogP contribution in [0.1, 0.15) is 23.2 Å². The second kappa shape index (κ2) is 9.11. The normalized spacial score (nSPS) is 16.9. The van der Waals surface area contributed by atoms with Gasteiger partial charge in [-0.05, 0) is 31.0 Å². The highest BCUT2D eigenvalue weighted by Crippen LogP contribution is 2.29. The third kappa shape index (κ3) is 4.75. The van der Waals surface area contributed by atoms with E-state index in [1.165, 1.54) is 19.2 Å². The van der Waals surface area contributed by atoms with E-state index in [1.54, 1.807) is 29.3 Å². The maximum absolute atomic E-state index is 13.1. The molecule has 2 fully saturated rings. The second-order valence-electron chi connectivity index (χ2n) is 7.62. The first kappa shape index (κ1) is 21.4. The molecule has 1 amide bonds. The summed E-state index contributed by atoms with van der Waals surface area (Å²) in [5, 5.41) is 3.27. The monoisotopic (exact) mass is 445 g/mol. The van der Waals surface area contributed by atoms with Gasteiger partial charge in [0.2, 0.25) is 0 Å². The van der Waals surface area contributed by atoms with Crippen LogP contribution in [0.3, 0.4) is 0 Å². The van der Waals surface area contributed by atoms with Gasteiger partial charge in [0.05, 0.1) is 23.3 Å². The van der Waals surface area contributed by atoms with Gasteiger partial charge in [0.25, 0.3) is 15.9 Å². The van der Waals surface area contributed by atoms with E-state index >= 15 is 0 Å². The number of amides is 1. The molecule has 2 aromatic rings. The molecule has 0 radical (unpaired) electrons. The number of hydrogen-bond acceptors (Lipinski definition) is 7.